The third-order valence-electron chi connectivity index (χ3n) is 3.95. The molecule has 2 aromatic rings. The molecule has 0 saturated heterocycles. The van der Waals surface area contributed by atoms with Crippen molar-refractivity contribution in [3.05, 3.63) is 79.7 Å². The van der Waals surface area contributed by atoms with Gasteiger partial charge in [-0.2, -0.15) is 0 Å². The molecule has 0 aromatic heterocycles. The van der Waals surface area contributed by atoms with Crippen LogP contribution in [0, 0.1) is 0 Å². The summed E-state index contributed by atoms with van der Waals surface area (Å²) < 4.78 is 2.03. The maximum absolute atomic E-state index is 12.8. The summed E-state index contributed by atoms with van der Waals surface area (Å²) in [5.74, 6) is 0.169. The summed E-state index contributed by atoms with van der Waals surface area (Å²) >= 11 is 7.09. The molecule has 3 rings (SSSR count). The van der Waals surface area contributed by atoms with E-state index < -0.39 is 0 Å². The summed E-state index contributed by atoms with van der Waals surface area (Å²) in [6.07, 6.45) is 6.72. The first-order valence-electron chi connectivity index (χ1n) is 7.60. The quantitative estimate of drug-likeness (QED) is 0.500. The average Bonchev–Trinajstić information content (AvgIpc) is 2.55. The van der Waals surface area contributed by atoms with Gasteiger partial charge in [0, 0.05) is 20.1 Å². The number of allylic oxidation sites excluding steroid dienone is 2. The van der Waals surface area contributed by atoms with E-state index in [0.29, 0.717) is 0 Å². The Labute approximate surface area is 153 Å². The van der Waals surface area contributed by atoms with E-state index in [2.05, 4.69) is 31.9 Å². The fraction of sp³-hybridized carbons (Fsp3) is 0.150. The van der Waals surface area contributed by atoms with Crippen molar-refractivity contribution in [3.8, 4) is 0 Å². The van der Waals surface area contributed by atoms with Gasteiger partial charge in [-0.1, -0.05) is 68.3 Å². The molecule has 2 aromatic carbocycles. The smallest absolute Gasteiger partial charge is 0.185 e. The molecule has 0 atom stereocenters. The van der Waals surface area contributed by atoms with Gasteiger partial charge in [-0.25, -0.2) is 0 Å². The molecular formula is C20H16Br2O. The fourth-order valence-corrected chi connectivity index (χ4v) is 3.54. The molecule has 0 spiro atoms. The number of hydrogen-bond donors (Lipinski definition) is 0. The lowest BCUT2D eigenvalue weighted by molar-refractivity contribution is -0.112. The van der Waals surface area contributed by atoms with Gasteiger partial charge in [-0.15, -0.1) is 0 Å². The Morgan fingerprint density at radius 2 is 1.17 bits per heavy atom. The monoisotopic (exact) mass is 430 g/mol. The van der Waals surface area contributed by atoms with Crippen LogP contribution in [-0.4, -0.2) is 5.78 Å². The standard InChI is InChI=1S/C20H16Br2O/c21-18-10-3-1-6-14(18)12-16-8-5-9-17(20(16)23)13-15-7-2-4-11-19(15)22/h1-4,6-7,10-13H,5,8-9H2. The van der Waals surface area contributed by atoms with Crippen molar-refractivity contribution in [2.45, 2.75) is 19.3 Å². The third kappa shape index (κ3) is 3.91. The third-order valence-corrected chi connectivity index (χ3v) is 5.39. The number of benzene rings is 2. The maximum atomic E-state index is 12.8. The van der Waals surface area contributed by atoms with Crippen LogP contribution in [0.2, 0.25) is 0 Å². The van der Waals surface area contributed by atoms with Crippen LogP contribution >= 0.6 is 31.9 Å². The molecule has 1 saturated carbocycles. The number of rotatable bonds is 2. The van der Waals surface area contributed by atoms with E-state index in [1.807, 2.05) is 60.7 Å². The minimum atomic E-state index is 0.169. The number of hydrogen-bond acceptors (Lipinski definition) is 1. The van der Waals surface area contributed by atoms with E-state index in [-0.39, 0.29) is 5.78 Å². The van der Waals surface area contributed by atoms with Gasteiger partial charge in [-0.3, -0.25) is 4.79 Å². The van der Waals surface area contributed by atoms with Crippen molar-refractivity contribution in [1.82, 2.24) is 0 Å². The highest BCUT2D eigenvalue weighted by Crippen LogP contribution is 2.30. The first-order valence-corrected chi connectivity index (χ1v) is 9.18. The molecule has 1 aliphatic rings. The van der Waals surface area contributed by atoms with Crippen molar-refractivity contribution < 1.29 is 4.79 Å². The first kappa shape index (κ1) is 16.4. The van der Waals surface area contributed by atoms with Crippen LogP contribution in [0.1, 0.15) is 30.4 Å². The lowest BCUT2D eigenvalue weighted by atomic mass is 9.87. The van der Waals surface area contributed by atoms with Crippen molar-refractivity contribution in [1.29, 1.82) is 0 Å². The summed E-state index contributed by atoms with van der Waals surface area (Å²) in [6.45, 7) is 0. The molecule has 0 heterocycles. The van der Waals surface area contributed by atoms with Gasteiger partial charge in [0.2, 0.25) is 0 Å². The molecule has 0 amide bonds. The number of carbonyl (C=O) groups is 1. The highest BCUT2D eigenvalue weighted by molar-refractivity contribution is 9.10. The zero-order valence-electron chi connectivity index (χ0n) is 12.6. The van der Waals surface area contributed by atoms with Crippen molar-refractivity contribution in [2.75, 3.05) is 0 Å². The van der Waals surface area contributed by atoms with Gasteiger partial charge in [0.15, 0.2) is 5.78 Å². The second kappa shape index (κ2) is 7.41. The van der Waals surface area contributed by atoms with Gasteiger partial charge >= 0.3 is 0 Å². The molecule has 0 unspecified atom stereocenters. The maximum Gasteiger partial charge on any atom is 0.185 e. The lowest BCUT2D eigenvalue weighted by Gasteiger charge is -2.17. The van der Waals surface area contributed by atoms with Crippen LogP contribution in [0.3, 0.4) is 0 Å². The topological polar surface area (TPSA) is 17.1 Å². The van der Waals surface area contributed by atoms with E-state index in [1.165, 1.54) is 0 Å². The Balaban J connectivity index is 1.93. The van der Waals surface area contributed by atoms with Crippen LogP contribution in [-0.2, 0) is 4.79 Å². The van der Waals surface area contributed by atoms with Crippen LogP contribution in [0.15, 0.2) is 68.6 Å². The summed E-state index contributed by atoms with van der Waals surface area (Å²) in [5, 5.41) is 0. The molecule has 23 heavy (non-hydrogen) atoms. The van der Waals surface area contributed by atoms with Crippen LogP contribution in [0.25, 0.3) is 12.2 Å². The number of halogens is 2. The normalized spacial score (nSPS) is 18.6. The summed E-state index contributed by atoms with van der Waals surface area (Å²) in [7, 11) is 0. The molecule has 3 heteroatoms. The molecule has 1 nitrogen and oxygen atoms in total. The van der Waals surface area contributed by atoms with Gasteiger partial charge < -0.3 is 0 Å². The fourth-order valence-electron chi connectivity index (χ4n) is 2.74. The molecule has 0 aliphatic heterocycles. The van der Waals surface area contributed by atoms with Crippen LogP contribution in [0.4, 0.5) is 0 Å². The number of carbonyl (C=O) groups excluding carboxylic acids is 1. The van der Waals surface area contributed by atoms with E-state index in [9.17, 15) is 4.79 Å². The van der Waals surface area contributed by atoms with Gasteiger partial charge in [0.25, 0.3) is 0 Å². The average molecular weight is 432 g/mol. The Hall–Kier alpha value is -1.45. The minimum absolute atomic E-state index is 0.169. The molecule has 0 bridgehead atoms. The zero-order chi connectivity index (χ0) is 16.2. The second-order valence-corrected chi connectivity index (χ2v) is 7.27. The Kier molecular flexibility index (Phi) is 5.29. The molecular weight excluding hydrogens is 416 g/mol. The van der Waals surface area contributed by atoms with Gasteiger partial charge in [-0.05, 0) is 54.7 Å². The molecule has 1 fully saturated rings. The summed E-state index contributed by atoms with van der Waals surface area (Å²) in [6, 6.07) is 16.0. The highest BCUT2D eigenvalue weighted by Gasteiger charge is 2.20. The predicted molar refractivity (Wildman–Crippen MR) is 103 cm³/mol. The van der Waals surface area contributed by atoms with E-state index >= 15 is 0 Å². The SMILES string of the molecule is O=C1C(=Cc2ccccc2Br)CCCC1=Cc1ccccc1Br. The van der Waals surface area contributed by atoms with Crippen molar-refractivity contribution in [2.24, 2.45) is 0 Å². The second-order valence-electron chi connectivity index (χ2n) is 5.56. The van der Waals surface area contributed by atoms with Gasteiger partial charge in [0.1, 0.15) is 0 Å². The lowest BCUT2D eigenvalue weighted by Crippen LogP contribution is -2.12. The van der Waals surface area contributed by atoms with Crippen molar-refractivity contribution >= 4 is 49.8 Å². The minimum Gasteiger partial charge on any atom is -0.289 e. The predicted octanol–water partition coefficient (Wildman–Crippen LogP) is 6.43. The van der Waals surface area contributed by atoms with Crippen molar-refractivity contribution in [3.63, 3.8) is 0 Å². The van der Waals surface area contributed by atoms with E-state index in [1.54, 1.807) is 0 Å². The largest absolute Gasteiger partial charge is 0.289 e. The Morgan fingerprint density at radius 3 is 1.61 bits per heavy atom. The van der Waals surface area contributed by atoms with E-state index in [0.717, 1.165) is 50.5 Å². The molecule has 0 N–H and O–H groups in total. The number of Topliss-reactive ketones (excluding diaryl/α,β-unsaturated/α-hetero) is 1. The first-order chi connectivity index (χ1) is 11.1. The highest BCUT2D eigenvalue weighted by atomic mass is 79.9. The molecule has 116 valence electrons. The van der Waals surface area contributed by atoms with Crippen LogP contribution in [0.5, 0.6) is 0 Å². The van der Waals surface area contributed by atoms with E-state index in [4.69, 9.17) is 0 Å². The summed E-state index contributed by atoms with van der Waals surface area (Å²) in [5.41, 5.74) is 3.89. The number of ketones is 1. The Bertz CT molecular complexity index is 737. The van der Waals surface area contributed by atoms with Crippen LogP contribution < -0.4 is 0 Å². The molecule has 0 radical (unpaired) electrons. The van der Waals surface area contributed by atoms with Gasteiger partial charge in [0.05, 0.1) is 0 Å². The summed E-state index contributed by atoms with van der Waals surface area (Å²) in [4.78, 5) is 12.8. The zero-order valence-corrected chi connectivity index (χ0v) is 15.7. The Morgan fingerprint density at radius 1 is 0.739 bits per heavy atom. The molecule has 1 aliphatic carbocycles.